The number of nitrogens with zero attached hydrogens (tertiary/aromatic N) is 5. The van der Waals surface area contributed by atoms with Crippen LogP contribution in [0.15, 0.2) is 28.4 Å². The van der Waals surface area contributed by atoms with E-state index in [1.807, 2.05) is 6.07 Å². The molecule has 0 radical (unpaired) electrons. The minimum absolute atomic E-state index is 0.0491. The normalized spacial score (nSPS) is 24.4. The molecule has 0 saturated carbocycles. The van der Waals surface area contributed by atoms with Gasteiger partial charge in [-0.05, 0) is 50.5 Å². The van der Waals surface area contributed by atoms with Gasteiger partial charge in [0, 0.05) is 30.7 Å². The molecule has 3 aliphatic rings. The van der Waals surface area contributed by atoms with Gasteiger partial charge in [-0.15, -0.1) is 0 Å². The Bertz CT molecular complexity index is 1020. The number of aliphatic hydroxyl groups is 2. The number of ether oxygens (including phenoxy) is 1. The lowest BCUT2D eigenvalue weighted by molar-refractivity contribution is 0.0975. The molecule has 1 spiro atoms. The van der Waals surface area contributed by atoms with Crippen molar-refractivity contribution < 1.29 is 14.9 Å². The molecule has 3 fully saturated rings. The van der Waals surface area contributed by atoms with Gasteiger partial charge in [-0.3, -0.25) is 0 Å². The van der Waals surface area contributed by atoms with E-state index in [0.29, 0.717) is 33.1 Å². The van der Waals surface area contributed by atoms with Crippen LogP contribution in [0, 0.1) is 5.41 Å². The van der Waals surface area contributed by atoms with Crippen LogP contribution in [0.5, 0.6) is 0 Å². The fourth-order valence-corrected chi connectivity index (χ4v) is 6.65. The topological polar surface area (TPSA) is 94.8 Å². The zero-order valence-electron chi connectivity index (χ0n) is 19.5. The summed E-state index contributed by atoms with van der Waals surface area (Å²) in [6.45, 7) is 5.54. The summed E-state index contributed by atoms with van der Waals surface area (Å²) in [7, 11) is 0. The summed E-state index contributed by atoms with van der Waals surface area (Å²) in [5.41, 5.74) is 0.876. The van der Waals surface area contributed by atoms with E-state index in [-0.39, 0.29) is 19.3 Å². The third-order valence-corrected chi connectivity index (χ3v) is 8.83. The van der Waals surface area contributed by atoms with Gasteiger partial charge in [0.2, 0.25) is 0 Å². The van der Waals surface area contributed by atoms with Crippen LogP contribution in [0.25, 0.3) is 0 Å². The molecule has 10 heteroatoms. The number of aliphatic hydroxyl groups excluding tert-OH is 2. The second-order valence-electron chi connectivity index (χ2n) is 9.67. The average molecular weight is 506 g/mol. The fourth-order valence-electron chi connectivity index (χ4n) is 5.52. The predicted octanol–water partition coefficient (Wildman–Crippen LogP) is 3.53. The first-order valence-corrected chi connectivity index (χ1v) is 13.2. The van der Waals surface area contributed by atoms with Crippen LogP contribution in [0.2, 0.25) is 5.02 Å². The molecule has 3 aliphatic heterocycles. The van der Waals surface area contributed by atoms with Crippen molar-refractivity contribution in [2.24, 2.45) is 5.41 Å². The number of halogens is 1. The highest BCUT2D eigenvalue weighted by Crippen LogP contribution is 2.43. The molecular weight excluding hydrogens is 474 g/mol. The molecule has 2 N–H and O–H groups in total. The maximum absolute atomic E-state index is 10.1. The molecule has 2 aromatic heterocycles. The van der Waals surface area contributed by atoms with Gasteiger partial charge in [0.15, 0.2) is 5.82 Å². The van der Waals surface area contributed by atoms with Gasteiger partial charge in [0.05, 0.1) is 43.2 Å². The molecule has 0 aliphatic carbocycles. The van der Waals surface area contributed by atoms with Crippen molar-refractivity contribution in [2.45, 2.75) is 67.7 Å². The predicted molar refractivity (Wildman–Crippen MR) is 133 cm³/mol. The van der Waals surface area contributed by atoms with E-state index in [2.05, 4.69) is 21.7 Å². The van der Waals surface area contributed by atoms with Gasteiger partial charge < -0.3 is 24.7 Å². The molecule has 8 nitrogen and oxygen atoms in total. The first-order valence-electron chi connectivity index (χ1n) is 12.0. The first-order chi connectivity index (χ1) is 16.5. The number of aromatic nitrogens is 3. The first kappa shape index (κ1) is 24.1. The molecule has 34 heavy (non-hydrogen) atoms. The molecule has 0 amide bonds. The number of pyridine rings is 1. The fraction of sp³-hybridized carbons (Fsp3) is 0.625. The SMILES string of the molecule is C[C@H]1CC2(CCN(c3ncc(Sc4ccnc(N5CCCC5CO)c4Cl)nc3CO)CC2)CO1. The Morgan fingerprint density at radius 2 is 2.03 bits per heavy atom. The van der Waals surface area contributed by atoms with Crippen molar-refractivity contribution in [3.8, 4) is 0 Å². The van der Waals surface area contributed by atoms with Gasteiger partial charge in [-0.2, -0.15) is 0 Å². The number of piperidine rings is 1. The molecular formula is C24H32ClN5O3S. The highest BCUT2D eigenvalue weighted by atomic mass is 35.5. The smallest absolute Gasteiger partial charge is 0.152 e. The van der Waals surface area contributed by atoms with Crippen LogP contribution < -0.4 is 9.80 Å². The second-order valence-corrected chi connectivity index (χ2v) is 11.1. The van der Waals surface area contributed by atoms with Gasteiger partial charge in [-0.1, -0.05) is 23.4 Å². The minimum atomic E-state index is -0.167. The summed E-state index contributed by atoms with van der Waals surface area (Å²) in [5, 5.41) is 21.0. The third-order valence-electron chi connectivity index (χ3n) is 7.38. The highest BCUT2D eigenvalue weighted by Gasteiger charge is 2.41. The summed E-state index contributed by atoms with van der Waals surface area (Å²) in [4.78, 5) is 19.0. The summed E-state index contributed by atoms with van der Waals surface area (Å²) < 4.78 is 5.85. The van der Waals surface area contributed by atoms with Crippen LogP contribution in [-0.4, -0.2) is 70.2 Å². The lowest BCUT2D eigenvalue weighted by Crippen LogP contribution is -2.41. The number of hydrogen-bond acceptors (Lipinski definition) is 9. The molecule has 5 heterocycles. The van der Waals surface area contributed by atoms with Gasteiger partial charge in [-0.25, -0.2) is 15.0 Å². The second kappa shape index (κ2) is 10.1. The van der Waals surface area contributed by atoms with Crippen molar-refractivity contribution in [1.82, 2.24) is 15.0 Å². The van der Waals surface area contributed by atoms with E-state index in [1.165, 1.54) is 11.8 Å². The number of anilines is 2. The number of hydrogen-bond donors (Lipinski definition) is 2. The monoisotopic (exact) mass is 505 g/mol. The van der Waals surface area contributed by atoms with E-state index in [0.717, 1.165) is 69.1 Å². The summed E-state index contributed by atoms with van der Waals surface area (Å²) in [6.07, 6.45) is 9.05. The zero-order chi connectivity index (χ0) is 23.7. The van der Waals surface area contributed by atoms with Crippen molar-refractivity contribution in [3.63, 3.8) is 0 Å². The Hall–Kier alpha value is -1.65. The highest BCUT2D eigenvalue weighted by molar-refractivity contribution is 7.99. The third kappa shape index (κ3) is 4.73. The summed E-state index contributed by atoms with van der Waals surface area (Å²) >= 11 is 8.15. The zero-order valence-corrected chi connectivity index (χ0v) is 21.1. The molecule has 0 aromatic carbocycles. The van der Waals surface area contributed by atoms with E-state index in [4.69, 9.17) is 26.3 Å². The quantitative estimate of drug-likeness (QED) is 0.611. The van der Waals surface area contributed by atoms with Gasteiger partial charge in [0.25, 0.3) is 0 Å². The molecule has 184 valence electrons. The average Bonchev–Trinajstić information content (AvgIpc) is 3.47. The Morgan fingerprint density at radius 3 is 2.74 bits per heavy atom. The molecule has 2 aromatic rings. The van der Waals surface area contributed by atoms with Gasteiger partial charge >= 0.3 is 0 Å². The summed E-state index contributed by atoms with van der Waals surface area (Å²) in [5.74, 6) is 1.46. The Balaban J connectivity index is 1.31. The Labute approximate surface area is 209 Å². The Morgan fingerprint density at radius 1 is 1.21 bits per heavy atom. The molecule has 1 unspecified atom stereocenters. The lowest BCUT2D eigenvalue weighted by atomic mass is 9.77. The van der Waals surface area contributed by atoms with Crippen molar-refractivity contribution in [2.75, 3.05) is 42.6 Å². The lowest BCUT2D eigenvalue weighted by Gasteiger charge is -2.39. The van der Waals surface area contributed by atoms with E-state index < -0.39 is 0 Å². The van der Waals surface area contributed by atoms with Crippen LogP contribution in [0.4, 0.5) is 11.6 Å². The molecule has 5 rings (SSSR count). The van der Waals surface area contributed by atoms with Gasteiger partial charge in [0.1, 0.15) is 16.5 Å². The number of rotatable bonds is 6. The molecule has 3 saturated heterocycles. The standard InChI is InChI=1S/C24H32ClN5O3S/c1-16-11-24(15-33-16)5-9-29(10-6-24)22-18(14-32)28-20(12-27-22)34-19-4-7-26-23(21(19)25)30-8-2-3-17(30)13-31/h4,7,12,16-17,31-32H,2-3,5-6,8-11,13-15H2,1H3/t16-,17?/m0/s1. The molecule has 0 bridgehead atoms. The van der Waals surface area contributed by atoms with Crippen molar-refractivity contribution >= 4 is 35.0 Å². The van der Waals surface area contributed by atoms with Crippen LogP contribution in [-0.2, 0) is 11.3 Å². The summed E-state index contributed by atoms with van der Waals surface area (Å²) in [6, 6.07) is 1.91. The van der Waals surface area contributed by atoms with E-state index in [1.54, 1.807) is 12.4 Å². The van der Waals surface area contributed by atoms with Crippen LogP contribution in [0.1, 0.15) is 44.7 Å². The van der Waals surface area contributed by atoms with E-state index >= 15 is 0 Å². The van der Waals surface area contributed by atoms with E-state index in [9.17, 15) is 10.2 Å². The Kier molecular flexibility index (Phi) is 7.18. The van der Waals surface area contributed by atoms with Crippen molar-refractivity contribution in [3.05, 3.63) is 29.2 Å². The maximum atomic E-state index is 10.1. The maximum Gasteiger partial charge on any atom is 0.152 e. The minimum Gasteiger partial charge on any atom is -0.394 e. The van der Waals surface area contributed by atoms with Crippen molar-refractivity contribution in [1.29, 1.82) is 0 Å². The molecule has 2 atom stereocenters. The van der Waals surface area contributed by atoms with Crippen LogP contribution in [0.3, 0.4) is 0 Å². The van der Waals surface area contributed by atoms with Crippen LogP contribution >= 0.6 is 23.4 Å². The largest absolute Gasteiger partial charge is 0.394 e.